The number of hydrogen-bond donors (Lipinski definition) is 1. The number of nitrogens with zero attached hydrogens (tertiary/aromatic N) is 2. The molecule has 0 aliphatic rings. The van der Waals surface area contributed by atoms with Crippen LogP contribution in [0.4, 0.5) is 0 Å². The first-order chi connectivity index (χ1) is 9.13. The van der Waals surface area contributed by atoms with Crippen LogP contribution >= 0.6 is 33.9 Å². The number of benzene rings is 1. The second-order valence-electron chi connectivity index (χ2n) is 4.55. The summed E-state index contributed by atoms with van der Waals surface area (Å²) < 4.78 is 6.82. The van der Waals surface area contributed by atoms with Gasteiger partial charge >= 0.3 is 0 Å². The topological polar surface area (TPSA) is 47.0 Å². The molecular weight excluding hydrogens is 373 g/mol. The Morgan fingerprint density at radius 3 is 2.95 bits per heavy atom. The van der Waals surface area contributed by atoms with E-state index in [1.54, 1.807) is 0 Å². The maximum absolute atomic E-state index is 5.68. The summed E-state index contributed by atoms with van der Waals surface area (Å²) in [6, 6.07) is 7.87. The number of hydrogen-bond acceptors (Lipinski definition) is 5. The van der Waals surface area contributed by atoms with Gasteiger partial charge in [0.15, 0.2) is 0 Å². The van der Waals surface area contributed by atoms with Crippen molar-refractivity contribution in [2.45, 2.75) is 20.4 Å². The maximum atomic E-state index is 5.68. The molecule has 4 nitrogen and oxygen atoms in total. The van der Waals surface area contributed by atoms with Crippen molar-refractivity contribution in [2.24, 2.45) is 5.92 Å². The Bertz CT molecular complexity index is 530. The first-order valence-electron chi connectivity index (χ1n) is 6.10. The Morgan fingerprint density at radius 2 is 2.21 bits per heavy atom. The van der Waals surface area contributed by atoms with Gasteiger partial charge in [-0.05, 0) is 53.3 Å². The van der Waals surface area contributed by atoms with Crippen LogP contribution in [0.1, 0.15) is 18.9 Å². The molecule has 0 unspecified atom stereocenters. The van der Waals surface area contributed by atoms with Crippen LogP contribution in [0.15, 0.2) is 24.3 Å². The van der Waals surface area contributed by atoms with Crippen molar-refractivity contribution < 1.29 is 4.74 Å². The van der Waals surface area contributed by atoms with Gasteiger partial charge in [0.05, 0.1) is 0 Å². The van der Waals surface area contributed by atoms with Gasteiger partial charge in [0.2, 0.25) is 0 Å². The molecule has 0 saturated heterocycles. The van der Waals surface area contributed by atoms with Crippen molar-refractivity contribution in [3.63, 3.8) is 0 Å². The van der Waals surface area contributed by atoms with Gasteiger partial charge in [-0.15, -0.1) is 5.10 Å². The van der Waals surface area contributed by atoms with Gasteiger partial charge in [0.25, 0.3) is 5.19 Å². The predicted molar refractivity (Wildman–Crippen MR) is 85.7 cm³/mol. The first kappa shape index (κ1) is 14.7. The molecule has 6 heteroatoms. The Labute approximate surface area is 130 Å². The third kappa shape index (κ3) is 5.04. The fraction of sp³-hybridized carbons (Fsp3) is 0.385. The summed E-state index contributed by atoms with van der Waals surface area (Å²) in [5, 5.41) is 13.0. The number of halogens is 1. The summed E-state index contributed by atoms with van der Waals surface area (Å²) >= 11 is 3.73. The van der Waals surface area contributed by atoms with Crippen LogP contribution in [0.25, 0.3) is 0 Å². The van der Waals surface area contributed by atoms with E-state index in [4.69, 9.17) is 4.74 Å². The molecule has 0 aliphatic carbocycles. The number of aromatic nitrogens is 2. The number of rotatable bonds is 6. The van der Waals surface area contributed by atoms with Crippen molar-refractivity contribution in [1.82, 2.24) is 15.5 Å². The summed E-state index contributed by atoms with van der Waals surface area (Å²) in [4.78, 5) is 0. The van der Waals surface area contributed by atoms with E-state index in [1.807, 2.05) is 24.3 Å². The number of nitrogens with one attached hydrogen (secondary N) is 1. The summed E-state index contributed by atoms with van der Waals surface area (Å²) in [6.45, 7) is 6.08. The highest BCUT2D eigenvalue weighted by Gasteiger charge is 2.06. The molecule has 0 amide bonds. The Hall–Kier alpha value is -0.730. The van der Waals surface area contributed by atoms with Gasteiger partial charge < -0.3 is 10.1 Å². The van der Waals surface area contributed by atoms with E-state index in [2.05, 4.69) is 52.0 Å². The SMILES string of the molecule is CC(C)CNCc1nnc(Oc2cccc(I)c2)s1. The second-order valence-corrected chi connectivity index (χ2v) is 6.82. The van der Waals surface area contributed by atoms with Gasteiger partial charge in [-0.3, -0.25) is 0 Å². The van der Waals surface area contributed by atoms with Crippen molar-refractivity contribution in [1.29, 1.82) is 0 Å². The smallest absolute Gasteiger partial charge is 0.299 e. The van der Waals surface area contributed by atoms with Crippen LogP contribution < -0.4 is 10.1 Å². The Kier molecular flexibility index (Phi) is 5.53. The molecule has 1 aromatic heterocycles. The lowest BCUT2D eigenvalue weighted by molar-refractivity contribution is 0.472. The molecular formula is C13H16IN3OS. The lowest BCUT2D eigenvalue weighted by Crippen LogP contribution is -2.18. The van der Waals surface area contributed by atoms with Gasteiger partial charge in [-0.2, -0.15) is 0 Å². The van der Waals surface area contributed by atoms with Crippen molar-refractivity contribution in [2.75, 3.05) is 6.54 Å². The summed E-state index contributed by atoms with van der Waals surface area (Å²) in [6.07, 6.45) is 0. The van der Waals surface area contributed by atoms with E-state index in [9.17, 15) is 0 Å². The normalized spacial score (nSPS) is 10.9. The Morgan fingerprint density at radius 1 is 1.37 bits per heavy atom. The highest BCUT2D eigenvalue weighted by atomic mass is 127. The lowest BCUT2D eigenvalue weighted by Gasteiger charge is -2.04. The van der Waals surface area contributed by atoms with Crippen molar-refractivity contribution >= 4 is 33.9 Å². The van der Waals surface area contributed by atoms with Crippen LogP contribution in [0.5, 0.6) is 10.9 Å². The first-order valence-corrected chi connectivity index (χ1v) is 7.99. The van der Waals surface area contributed by atoms with E-state index in [1.165, 1.54) is 11.3 Å². The van der Waals surface area contributed by atoms with Crippen LogP contribution in [-0.2, 0) is 6.54 Å². The molecule has 0 spiro atoms. The molecule has 1 aromatic carbocycles. The van der Waals surface area contributed by atoms with Crippen molar-refractivity contribution in [3.8, 4) is 10.9 Å². The molecule has 1 heterocycles. The zero-order valence-electron chi connectivity index (χ0n) is 10.9. The van der Waals surface area contributed by atoms with Crippen LogP contribution in [0.3, 0.4) is 0 Å². The fourth-order valence-corrected chi connectivity index (χ4v) is 2.64. The molecule has 1 N–H and O–H groups in total. The second kappa shape index (κ2) is 7.16. The molecule has 2 rings (SSSR count). The van der Waals surface area contributed by atoms with E-state index in [0.717, 1.165) is 27.4 Å². The van der Waals surface area contributed by atoms with E-state index in [0.29, 0.717) is 11.1 Å². The lowest BCUT2D eigenvalue weighted by atomic mass is 10.2. The van der Waals surface area contributed by atoms with Crippen LogP contribution in [0, 0.1) is 9.49 Å². The predicted octanol–water partition coefficient (Wildman–Crippen LogP) is 3.68. The van der Waals surface area contributed by atoms with Crippen LogP contribution in [-0.4, -0.2) is 16.7 Å². The highest BCUT2D eigenvalue weighted by Crippen LogP contribution is 2.25. The van der Waals surface area contributed by atoms with Gasteiger partial charge in [-0.1, -0.05) is 36.3 Å². The summed E-state index contributed by atoms with van der Waals surface area (Å²) in [7, 11) is 0. The molecule has 0 radical (unpaired) electrons. The third-order valence-electron chi connectivity index (χ3n) is 2.28. The average Bonchev–Trinajstić information content (AvgIpc) is 2.76. The molecule has 0 aliphatic heterocycles. The minimum Gasteiger partial charge on any atom is -0.430 e. The molecule has 102 valence electrons. The fourth-order valence-electron chi connectivity index (χ4n) is 1.45. The molecule has 19 heavy (non-hydrogen) atoms. The Balaban J connectivity index is 1.90. The van der Waals surface area contributed by atoms with E-state index >= 15 is 0 Å². The molecule has 2 aromatic rings. The molecule has 0 atom stereocenters. The molecule has 0 fully saturated rings. The zero-order chi connectivity index (χ0) is 13.7. The third-order valence-corrected chi connectivity index (χ3v) is 3.75. The van der Waals surface area contributed by atoms with Gasteiger partial charge in [0.1, 0.15) is 10.8 Å². The van der Waals surface area contributed by atoms with Crippen molar-refractivity contribution in [3.05, 3.63) is 32.8 Å². The highest BCUT2D eigenvalue weighted by molar-refractivity contribution is 14.1. The monoisotopic (exact) mass is 389 g/mol. The average molecular weight is 389 g/mol. The van der Waals surface area contributed by atoms with E-state index < -0.39 is 0 Å². The quantitative estimate of drug-likeness (QED) is 0.766. The van der Waals surface area contributed by atoms with Gasteiger partial charge in [0, 0.05) is 10.1 Å². The summed E-state index contributed by atoms with van der Waals surface area (Å²) in [5.41, 5.74) is 0. The van der Waals surface area contributed by atoms with Gasteiger partial charge in [-0.25, -0.2) is 0 Å². The standard InChI is InChI=1S/C13H16IN3OS/c1-9(2)7-15-8-12-16-17-13(19-12)18-11-5-3-4-10(14)6-11/h3-6,9,15H,7-8H2,1-2H3. The largest absolute Gasteiger partial charge is 0.430 e. The minimum absolute atomic E-state index is 0.586. The van der Waals surface area contributed by atoms with Crippen LogP contribution in [0.2, 0.25) is 0 Å². The zero-order valence-corrected chi connectivity index (χ0v) is 13.9. The molecule has 0 bridgehead atoms. The van der Waals surface area contributed by atoms with E-state index in [-0.39, 0.29) is 0 Å². The molecule has 0 saturated carbocycles. The minimum atomic E-state index is 0.586. The number of ether oxygens (including phenoxy) is 1. The maximum Gasteiger partial charge on any atom is 0.299 e. The summed E-state index contributed by atoms with van der Waals surface area (Å²) in [5.74, 6) is 1.43.